The van der Waals surface area contributed by atoms with Gasteiger partial charge in [0, 0.05) is 25.7 Å². The van der Waals surface area contributed by atoms with Gasteiger partial charge < -0.3 is 5.32 Å². The highest BCUT2D eigenvalue weighted by atomic mass is 32.2. The number of nitrogens with one attached hydrogen (secondary N) is 1. The van der Waals surface area contributed by atoms with E-state index in [1.165, 1.54) is 28.5 Å². The molecule has 1 N–H and O–H groups in total. The molecule has 0 saturated carbocycles. The molecular weight excluding hydrogens is 396 g/mol. The van der Waals surface area contributed by atoms with Gasteiger partial charge in [-0.25, -0.2) is 0 Å². The first-order chi connectivity index (χ1) is 14.6. The molecule has 2 heterocycles. The monoisotopic (exact) mass is 422 g/mol. The number of thioether (sulfide) groups is 1. The summed E-state index contributed by atoms with van der Waals surface area (Å²) in [5.41, 5.74) is 4.60. The first kappa shape index (κ1) is 20.6. The van der Waals surface area contributed by atoms with E-state index in [2.05, 4.69) is 76.0 Å². The van der Waals surface area contributed by atoms with Gasteiger partial charge >= 0.3 is 0 Å². The Morgan fingerprint density at radius 1 is 1.17 bits per heavy atom. The molecule has 0 aliphatic carbocycles. The summed E-state index contributed by atoms with van der Waals surface area (Å²) in [6.07, 6.45) is 0.976. The van der Waals surface area contributed by atoms with Gasteiger partial charge in [0.05, 0.1) is 11.4 Å². The predicted octanol–water partition coefficient (Wildman–Crippen LogP) is 2.76. The van der Waals surface area contributed by atoms with E-state index in [-0.39, 0.29) is 11.9 Å². The lowest BCUT2D eigenvalue weighted by Gasteiger charge is -2.16. The van der Waals surface area contributed by atoms with Gasteiger partial charge in [-0.1, -0.05) is 48.2 Å². The van der Waals surface area contributed by atoms with Crippen molar-refractivity contribution < 1.29 is 4.79 Å². The first-order valence-electron chi connectivity index (χ1n) is 10.1. The number of benzene rings is 2. The molecule has 1 amide bonds. The number of nitrogens with zero attached hydrogens (tertiary/aromatic N) is 5. The van der Waals surface area contributed by atoms with Crippen LogP contribution in [0.4, 0.5) is 0 Å². The van der Waals surface area contributed by atoms with E-state index in [9.17, 15) is 4.79 Å². The lowest BCUT2D eigenvalue weighted by atomic mass is 10.1. The van der Waals surface area contributed by atoms with E-state index in [0.717, 1.165) is 31.7 Å². The number of carbonyl (C=O) groups excluding carboxylic acids is 1. The predicted molar refractivity (Wildman–Crippen MR) is 118 cm³/mol. The van der Waals surface area contributed by atoms with Gasteiger partial charge in [-0.15, -0.1) is 5.10 Å². The highest BCUT2D eigenvalue weighted by Crippen LogP contribution is 2.20. The van der Waals surface area contributed by atoms with Crippen LogP contribution >= 0.6 is 11.8 Å². The molecule has 0 spiro atoms. The molecule has 0 unspecified atom stereocenters. The Hall–Kier alpha value is -2.71. The molecule has 7 nitrogen and oxygen atoms in total. The largest absolute Gasteiger partial charge is 0.351 e. The first-order valence-corrected chi connectivity index (χ1v) is 11.1. The molecule has 1 fully saturated rings. The molecule has 1 atom stereocenters. The van der Waals surface area contributed by atoms with Crippen molar-refractivity contribution in [3.63, 3.8) is 0 Å². The summed E-state index contributed by atoms with van der Waals surface area (Å²) in [6, 6.07) is 16.7. The third-order valence-electron chi connectivity index (χ3n) is 5.39. The number of amides is 1. The van der Waals surface area contributed by atoms with E-state index in [1.807, 2.05) is 12.1 Å². The minimum atomic E-state index is 0.0150. The van der Waals surface area contributed by atoms with E-state index >= 15 is 0 Å². The highest BCUT2D eigenvalue weighted by Gasteiger charge is 2.24. The third-order valence-corrected chi connectivity index (χ3v) is 6.31. The van der Waals surface area contributed by atoms with Crippen LogP contribution in [-0.4, -0.2) is 55.9 Å². The number of rotatable bonds is 7. The summed E-state index contributed by atoms with van der Waals surface area (Å²) in [6.45, 7) is 6.94. The van der Waals surface area contributed by atoms with Crippen LogP contribution in [-0.2, 0) is 11.3 Å². The molecule has 1 aliphatic rings. The second-order valence-corrected chi connectivity index (χ2v) is 8.65. The van der Waals surface area contributed by atoms with Crippen LogP contribution in [0.25, 0.3) is 5.69 Å². The fourth-order valence-corrected chi connectivity index (χ4v) is 4.33. The number of likely N-dealkylation sites (tertiary alicyclic amines) is 1. The molecule has 3 aromatic rings. The number of carbonyl (C=O) groups is 1. The highest BCUT2D eigenvalue weighted by molar-refractivity contribution is 7.99. The average Bonchev–Trinajstić information content (AvgIpc) is 3.39. The quantitative estimate of drug-likeness (QED) is 0.590. The summed E-state index contributed by atoms with van der Waals surface area (Å²) in [7, 11) is 0. The van der Waals surface area contributed by atoms with Gasteiger partial charge in [0.1, 0.15) is 0 Å². The van der Waals surface area contributed by atoms with Gasteiger partial charge in [-0.3, -0.25) is 9.69 Å². The van der Waals surface area contributed by atoms with Gasteiger partial charge in [0.25, 0.3) is 0 Å². The second kappa shape index (κ2) is 9.40. The second-order valence-electron chi connectivity index (χ2n) is 7.70. The zero-order chi connectivity index (χ0) is 20.9. The third kappa shape index (κ3) is 5.06. The number of tetrazole rings is 1. The average molecular weight is 423 g/mol. The van der Waals surface area contributed by atoms with Crippen molar-refractivity contribution in [1.82, 2.24) is 30.4 Å². The fraction of sp³-hybridized carbons (Fsp3) is 0.364. The van der Waals surface area contributed by atoms with Crippen LogP contribution in [0.3, 0.4) is 0 Å². The Morgan fingerprint density at radius 3 is 2.80 bits per heavy atom. The van der Waals surface area contributed by atoms with Crippen molar-refractivity contribution in [3.8, 4) is 5.69 Å². The molecule has 4 rings (SSSR count). The lowest BCUT2D eigenvalue weighted by Crippen LogP contribution is -2.38. The van der Waals surface area contributed by atoms with Crippen LogP contribution in [0.5, 0.6) is 0 Å². The van der Waals surface area contributed by atoms with Crippen LogP contribution in [0.1, 0.15) is 23.1 Å². The summed E-state index contributed by atoms with van der Waals surface area (Å²) in [5, 5.41) is 15.7. The Kier molecular flexibility index (Phi) is 6.44. The smallest absolute Gasteiger partial charge is 0.230 e. The Balaban J connectivity index is 1.28. The van der Waals surface area contributed by atoms with Crippen LogP contribution < -0.4 is 5.32 Å². The topological polar surface area (TPSA) is 75.9 Å². The minimum Gasteiger partial charge on any atom is -0.351 e. The molecule has 1 saturated heterocycles. The molecule has 2 aromatic carbocycles. The maximum absolute atomic E-state index is 12.5. The number of aryl methyl sites for hydroxylation is 2. The SMILES string of the molecule is Cc1ccc(-n2nnnc2SCC(=O)N[C@H]2CCN(Cc3ccccc3)C2)cc1C. The summed E-state index contributed by atoms with van der Waals surface area (Å²) in [4.78, 5) is 14.9. The fourth-order valence-electron chi connectivity index (χ4n) is 3.62. The van der Waals surface area contributed by atoms with Gasteiger partial charge in [0.2, 0.25) is 11.1 Å². The molecule has 0 bridgehead atoms. The maximum atomic E-state index is 12.5. The molecule has 1 aromatic heterocycles. The zero-order valence-electron chi connectivity index (χ0n) is 17.3. The van der Waals surface area contributed by atoms with Gasteiger partial charge in [-0.2, -0.15) is 4.68 Å². The number of hydrogen-bond acceptors (Lipinski definition) is 6. The van der Waals surface area contributed by atoms with E-state index in [1.54, 1.807) is 4.68 Å². The molecule has 30 heavy (non-hydrogen) atoms. The number of hydrogen-bond donors (Lipinski definition) is 1. The van der Waals surface area contributed by atoms with Gasteiger partial charge in [-0.05, 0) is 59.5 Å². The van der Waals surface area contributed by atoms with Gasteiger partial charge in [0.15, 0.2) is 0 Å². The van der Waals surface area contributed by atoms with Crippen molar-refractivity contribution in [3.05, 3.63) is 65.2 Å². The van der Waals surface area contributed by atoms with Crippen molar-refractivity contribution in [2.75, 3.05) is 18.8 Å². The summed E-state index contributed by atoms with van der Waals surface area (Å²) < 4.78 is 1.68. The van der Waals surface area contributed by atoms with Crippen molar-refractivity contribution in [2.45, 2.75) is 38.0 Å². The Morgan fingerprint density at radius 2 is 2.00 bits per heavy atom. The molecule has 1 aliphatic heterocycles. The number of aromatic nitrogens is 4. The Bertz CT molecular complexity index is 1010. The molecule has 8 heteroatoms. The standard InChI is InChI=1S/C22H26N6OS/c1-16-8-9-20(12-17(16)2)28-22(24-25-26-28)30-15-21(29)23-19-10-11-27(14-19)13-18-6-4-3-5-7-18/h3-9,12,19H,10-11,13-15H2,1-2H3,(H,23,29)/t19-/m0/s1. The van der Waals surface area contributed by atoms with Crippen molar-refractivity contribution in [1.29, 1.82) is 0 Å². The van der Waals surface area contributed by atoms with Crippen LogP contribution in [0.2, 0.25) is 0 Å². The van der Waals surface area contributed by atoms with Crippen LogP contribution in [0.15, 0.2) is 53.7 Å². The van der Waals surface area contributed by atoms with E-state index in [0.29, 0.717) is 10.9 Å². The Labute approximate surface area is 180 Å². The van der Waals surface area contributed by atoms with Crippen molar-refractivity contribution in [2.24, 2.45) is 0 Å². The minimum absolute atomic E-state index is 0.0150. The van der Waals surface area contributed by atoms with E-state index in [4.69, 9.17) is 0 Å². The summed E-state index contributed by atoms with van der Waals surface area (Å²) in [5.74, 6) is 0.307. The molecule has 156 valence electrons. The van der Waals surface area contributed by atoms with E-state index < -0.39 is 0 Å². The maximum Gasteiger partial charge on any atom is 0.230 e. The molecule has 0 radical (unpaired) electrons. The van der Waals surface area contributed by atoms with Crippen molar-refractivity contribution >= 4 is 17.7 Å². The summed E-state index contributed by atoms with van der Waals surface area (Å²) >= 11 is 1.35. The van der Waals surface area contributed by atoms with Crippen LogP contribution in [0, 0.1) is 13.8 Å². The lowest BCUT2D eigenvalue weighted by molar-refractivity contribution is -0.119. The zero-order valence-corrected chi connectivity index (χ0v) is 18.1. The normalized spacial score (nSPS) is 16.7. The molecular formula is C22H26N6OS.